The third-order valence-electron chi connectivity index (χ3n) is 3.05. The number of nitrogens with zero attached hydrogens (tertiary/aromatic N) is 3. The molecule has 0 spiro atoms. The largest absolute Gasteiger partial charge is 0.394 e. The lowest BCUT2D eigenvalue weighted by Crippen LogP contribution is -2.16. The molecule has 1 aromatic carbocycles. The maximum atomic E-state index is 9.50. The van der Waals surface area contributed by atoms with Gasteiger partial charge in [0.1, 0.15) is 11.8 Å². The molecule has 6 heteroatoms. The zero-order valence-electron chi connectivity index (χ0n) is 10.8. The number of rotatable bonds is 6. The first-order chi connectivity index (χ1) is 9.24. The molecule has 0 aliphatic rings. The Balaban J connectivity index is 2.11. The highest BCUT2D eigenvalue weighted by Crippen LogP contribution is 2.16. The van der Waals surface area contributed by atoms with Crippen molar-refractivity contribution >= 4 is 0 Å². The predicted molar refractivity (Wildman–Crippen MR) is 70.0 cm³/mol. The predicted octanol–water partition coefficient (Wildman–Crippen LogP) is 1.01. The summed E-state index contributed by atoms with van der Waals surface area (Å²) in [5.41, 5.74) is 1.79. The minimum Gasteiger partial charge on any atom is -0.394 e. The van der Waals surface area contributed by atoms with Gasteiger partial charge in [-0.1, -0.05) is 35.5 Å². The topological polar surface area (TPSA) is 86.2 Å². The Morgan fingerprint density at radius 2 is 2.11 bits per heavy atom. The summed E-state index contributed by atoms with van der Waals surface area (Å²) in [6.45, 7) is 1.79. The molecule has 0 fully saturated rings. The fourth-order valence-electron chi connectivity index (χ4n) is 1.85. The van der Waals surface area contributed by atoms with Crippen LogP contribution < -0.4 is 5.90 Å². The molecular formula is C13H18N4O2. The molecule has 0 aliphatic carbocycles. The summed E-state index contributed by atoms with van der Waals surface area (Å²) in [6.07, 6.45) is 2.13. The van der Waals surface area contributed by atoms with E-state index < -0.39 is 0 Å². The molecule has 6 nitrogen and oxygen atoms in total. The van der Waals surface area contributed by atoms with Crippen LogP contribution in [-0.4, -0.2) is 26.7 Å². The summed E-state index contributed by atoms with van der Waals surface area (Å²) in [4.78, 5) is 4.70. The molecule has 2 atom stereocenters. The minimum absolute atomic E-state index is 0.00441. The van der Waals surface area contributed by atoms with Gasteiger partial charge in [-0.25, -0.2) is 10.6 Å². The molecule has 0 bridgehead atoms. The molecule has 2 aromatic rings. The van der Waals surface area contributed by atoms with Gasteiger partial charge < -0.3 is 5.11 Å². The zero-order valence-corrected chi connectivity index (χ0v) is 10.8. The van der Waals surface area contributed by atoms with Crippen LogP contribution >= 0.6 is 0 Å². The number of hydrogen-bond acceptors (Lipinski definition) is 5. The van der Waals surface area contributed by atoms with Crippen LogP contribution in [0.15, 0.2) is 36.5 Å². The SMILES string of the molecule is C[C@@H](ON)c1cn([C@@H](CO)Cc2ccccc2)nn1. The zero-order chi connectivity index (χ0) is 13.7. The van der Waals surface area contributed by atoms with Crippen LogP contribution in [0.4, 0.5) is 0 Å². The van der Waals surface area contributed by atoms with Crippen molar-refractivity contribution in [3.8, 4) is 0 Å². The van der Waals surface area contributed by atoms with Crippen LogP contribution in [0.2, 0.25) is 0 Å². The summed E-state index contributed by atoms with van der Waals surface area (Å²) in [6, 6.07) is 9.80. The Hall–Kier alpha value is -1.76. The van der Waals surface area contributed by atoms with E-state index in [9.17, 15) is 5.11 Å². The molecule has 0 aliphatic heterocycles. The van der Waals surface area contributed by atoms with Gasteiger partial charge >= 0.3 is 0 Å². The fourth-order valence-corrected chi connectivity index (χ4v) is 1.85. The van der Waals surface area contributed by atoms with Crippen LogP contribution in [0.25, 0.3) is 0 Å². The molecule has 3 N–H and O–H groups in total. The van der Waals surface area contributed by atoms with Crippen LogP contribution in [0.5, 0.6) is 0 Å². The Morgan fingerprint density at radius 3 is 2.74 bits per heavy atom. The average molecular weight is 262 g/mol. The number of aliphatic hydroxyl groups excluding tert-OH is 1. The van der Waals surface area contributed by atoms with E-state index in [1.165, 1.54) is 0 Å². The van der Waals surface area contributed by atoms with Crippen molar-refractivity contribution in [2.24, 2.45) is 5.90 Å². The second-order valence-electron chi connectivity index (χ2n) is 4.43. The van der Waals surface area contributed by atoms with Gasteiger partial charge in [-0.2, -0.15) is 0 Å². The monoisotopic (exact) mass is 262 g/mol. The van der Waals surface area contributed by atoms with Crippen LogP contribution in [0, 0.1) is 0 Å². The normalized spacial score (nSPS) is 14.3. The van der Waals surface area contributed by atoms with Gasteiger partial charge in [0, 0.05) is 0 Å². The third kappa shape index (κ3) is 3.37. The van der Waals surface area contributed by atoms with Crippen molar-refractivity contribution in [1.29, 1.82) is 0 Å². The molecule has 1 heterocycles. The Morgan fingerprint density at radius 1 is 1.37 bits per heavy atom. The lowest BCUT2D eigenvalue weighted by molar-refractivity contribution is 0.0633. The highest BCUT2D eigenvalue weighted by atomic mass is 16.6. The molecule has 1 aromatic heterocycles. The Bertz CT molecular complexity index is 500. The second-order valence-corrected chi connectivity index (χ2v) is 4.43. The number of aromatic nitrogens is 3. The first-order valence-corrected chi connectivity index (χ1v) is 6.16. The van der Waals surface area contributed by atoms with Crippen molar-refractivity contribution in [3.05, 3.63) is 47.8 Å². The van der Waals surface area contributed by atoms with E-state index in [1.54, 1.807) is 17.8 Å². The number of hydrogen-bond donors (Lipinski definition) is 2. The van der Waals surface area contributed by atoms with Crippen molar-refractivity contribution < 1.29 is 9.94 Å². The number of benzene rings is 1. The van der Waals surface area contributed by atoms with E-state index in [1.807, 2.05) is 30.3 Å². The van der Waals surface area contributed by atoms with E-state index >= 15 is 0 Å². The average Bonchev–Trinajstić information content (AvgIpc) is 2.94. The first kappa shape index (κ1) is 13.7. The van der Waals surface area contributed by atoms with Crippen LogP contribution in [0.3, 0.4) is 0 Å². The van der Waals surface area contributed by atoms with Gasteiger partial charge in [0.05, 0.1) is 18.8 Å². The van der Waals surface area contributed by atoms with Crippen molar-refractivity contribution in [3.63, 3.8) is 0 Å². The van der Waals surface area contributed by atoms with E-state index in [0.29, 0.717) is 12.1 Å². The summed E-state index contributed by atoms with van der Waals surface area (Å²) in [5, 5.41) is 17.5. The van der Waals surface area contributed by atoms with Gasteiger partial charge in [-0.05, 0) is 18.9 Å². The second kappa shape index (κ2) is 6.42. The van der Waals surface area contributed by atoms with Gasteiger partial charge in [0.25, 0.3) is 0 Å². The molecule has 0 unspecified atom stereocenters. The van der Waals surface area contributed by atoms with E-state index in [-0.39, 0.29) is 18.8 Å². The first-order valence-electron chi connectivity index (χ1n) is 6.16. The molecule has 0 saturated heterocycles. The maximum absolute atomic E-state index is 9.50. The molecule has 102 valence electrons. The van der Waals surface area contributed by atoms with Crippen LogP contribution in [-0.2, 0) is 11.3 Å². The van der Waals surface area contributed by atoms with Crippen molar-refractivity contribution in [2.75, 3.05) is 6.61 Å². The molecule has 0 amide bonds. The highest BCUT2D eigenvalue weighted by molar-refractivity contribution is 5.15. The summed E-state index contributed by atoms with van der Waals surface area (Å²) >= 11 is 0. The summed E-state index contributed by atoms with van der Waals surface area (Å²) in [5.74, 6) is 5.12. The van der Waals surface area contributed by atoms with Crippen molar-refractivity contribution in [2.45, 2.75) is 25.5 Å². The molecular weight excluding hydrogens is 244 g/mol. The van der Waals surface area contributed by atoms with Crippen LogP contribution in [0.1, 0.15) is 30.3 Å². The number of nitrogens with two attached hydrogens (primary N) is 1. The van der Waals surface area contributed by atoms with Gasteiger partial charge in [0.15, 0.2) is 0 Å². The maximum Gasteiger partial charge on any atom is 0.121 e. The standard InChI is InChI=1S/C13H18N4O2/c1-10(19-14)13-8-17(16-15-13)12(9-18)7-11-5-3-2-4-6-11/h2-6,8,10,12,18H,7,9,14H2,1H3/t10-,12-/m1/s1. The van der Waals surface area contributed by atoms with E-state index in [4.69, 9.17) is 10.7 Å². The molecule has 0 saturated carbocycles. The Labute approximate surface area is 111 Å². The van der Waals surface area contributed by atoms with Gasteiger partial charge in [0.2, 0.25) is 0 Å². The van der Waals surface area contributed by atoms with E-state index in [0.717, 1.165) is 5.56 Å². The summed E-state index contributed by atoms with van der Waals surface area (Å²) < 4.78 is 1.65. The smallest absolute Gasteiger partial charge is 0.121 e. The fraction of sp³-hybridized carbons (Fsp3) is 0.385. The quantitative estimate of drug-likeness (QED) is 0.759. The highest BCUT2D eigenvalue weighted by Gasteiger charge is 2.16. The van der Waals surface area contributed by atoms with Crippen molar-refractivity contribution in [1.82, 2.24) is 15.0 Å². The van der Waals surface area contributed by atoms with Gasteiger partial charge in [-0.3, -0.25) is 4.84 Å². The molecule has 19 heavy (non-hydrogen) atoms. The third-order valence-corrected chi connectivity index (χ3v) is 3.05. The van der Waals surface area contributed by atoms with Gasteiger partial charge in [-0.15, -0.1) is 5.10 Å². The minimum atomic E-state index is -0.315. The lowest BCUT2D eigenvalue weighted by Gasteiger charge is -2.14. The molecule has 2 rings (SSSR count). The number of aliphatic hydroxyl groups is 1. The summed E-state index contributed by atoms with van der Waals surface area (Å²) in [7, 11) is 0. The van der Waals surface area contributed by atoms with E-state index in [2.05, 4.69) is 10.3 Å². The lowest BCUT2D eigenvalue weighted by atomic mass is 10.1. The Kier molecular flexibility index (Phi) is 4.62. The molecule has 0 radical (unpaired) electrons.